The van der Waals surface area contributed by atoms with Crippen LogP contribution in [0.15, 0.2) is 209 Å². The number of hydrogen-bond donors (Lipinski definition) is 0. The van der Waals surface area contributed by atoms with Crippen molar-refractivity contribution in [2.45, 2.75) is 0 Å². The number of para-hydroxylation sites is 1. The molecule has 288 valence electrons. The topological polar surface area (TPSA) is 65.0 Å². The van der Waals surface area contributed by atoms with E-state index in [4.69, 9.17) is 23.8 Å². The van der Waals surface area contributed by atoms with E-state index in [1.807, 2.05) is 24.3 Å². The number of furan rings is 2. The van der Waals surface area contributed by atoms with Gasteiger partial charge >= 0.3 is 0 Å². The summed E-state index contributed by atoms with van der Waals surface area (Å²) in [5.74, 6) is 1.75. The molecule has 0 unspecified atom stereocenters. The molecule has 10 aromatic carbocycles. The SMILES string of the molecule is c1ccc2cc(-c3ccc(-c4nc(-c5cccc6c5ccc5oc7ccccc7c56)nc(-c5cccc6oc7cc(-c8ccc9ccccc9c8)ccc7c56)n4)cc3)ccc2c1. The van der Waals surface area contributed by atoms with E-state index in [1.165, 1.54) is 21.5 Å². The van der Waals surface area contributed by atoms with Gasteiger partial charge in [0.1, 0.15) is 22.3 Å². The van der Waals surface area contributed by atoms with Gasteiger partial charge in [-0.05, 0) is 103 Å². The number of rotatable bonds is 5. The summed E-state index contributed by atoms with van der Waals surface area (Å²) in [6.07, 6.45) is 0. The first kappa shape index (κ1) is 34.5. The van der Waals surface area contributed by atoms with Crippen molar-refractivity contribution in [1.82, 2.24) is 15.0 Å². The van der Waals surface area contributed by atoms with Gasteiger partial charge in [-0.1, -0.05) is 152 Å². The molecule has 0 atom stereocenters. The lowest BCUT2D eigenvalue weighted by molar-refractivity contribution is 0.669. The molecule has 5 nitrogen and oxygen atoms in total. The summed E-state index contributed by atoms with van der Waals surface area (Å²) in [5, 5.41) is 11.1. The Morgan fingerprint density at radius 3 is 1.55 bits per heavy atom. The molecule has 62 heavy (non-hydrogen) atoms. The molecule has 13 aromatic rings. The highest BCUT2D eigenvalue weighted by atomic mass is 16.3. The fourth-order valence-corrected chi connectivity index (χ4v) is 9.26. The van der Waals surface area contributed by atoms with Gasteiger partial charge in [-0.25, -0.2) is 15.0 Å². The molecule has 0 fully saturated rings. The van der Waals surface area contributed by atoms with Crippen molar-refractivity contribution >= 4 is 76.2 Å². The number of benzene rings is 10. The van der Waals surface area contributed by atoms with E-state index < -0.39 is 0 Å². The van der Waals surface area contributed by atoms with E-state index in [9.17, 15) is 0 Å². The van der Waals surface area contributed by atoms with E-state index in [0.717, 1.165) is 93.6 Å². The Morgan fingerprint density at radius 2 is 0.758 bits per heavy atom. The summed E-state index contributed by atoms with van der Waals surface area (Å²) < 4.78 is 12.9. The van der Waals surface area contributed by atoms with Crippen LogP contribution in [-0.2, 0) is 0 Å². The zero-order valence-electron chi connectivity index (χ0n) is 33.2. The quantitative estimate of drug-likeness (QED) is 0.174. The lowest BCUT2D eigenvalue weighted by Crippen LogP contribution is -2.01. The fraction of sp³-hybridized carbons (Fsp3) is 0. The summed E-state index contributed by atoms with van der Waals surface area (Å²) in [6, 6.07) is 69.9. The Bertz CT molecular complexity index is 3940. The third-order valence-corrected chi connectivity index (χ3v) is 12.3. The van der Waals surface area contributed by atoms with Crippen LogP contribution in [0.2, 0.25) is 0 Å². The molecule has 0 aliphatic carbocycles. The third kappa shape index (κ3) is 5.52. The molecule has 0 aliphatic rings. The number of nitrogens with zero attached hydrogens (tertiary/aromatic N) is 3. The normalized spacial score (nSPS) is 11.9. The van der Waals surface area contributed by atoms with E-state index in [1.54, 1.807) is 0 Å². The van der Waals surface area contributed by atoms with Crippen LogP contribution in [0.5, 0.6) is 0 Å². The van der Waals surface area contributed by atoms with E-state index >= 15 is 0 Å². The minimum atomic E-state index is 0.572. The molecular formula is C57H33N3O2. The molecule has 0 saturated heterocycles. The highest BCUT2D eigenvalue weighted by Gasteiger charge is 2.20. The first-order valence-electron chi connectivity index (χ1n) is 20.8. The monoisotopic (exact) mass is 791 g/mol. The third-order valence-electron chi connectivity index (χ3n) is 12.3. The zero-order chi connectivity index (χ0) is 40.7. The molecule has 3 heterocycles. The molecule has 0 spiro atoms. The maximum Gasteiger partial charge on any atom is 0.164 e. The Hall–Kier alpha value is -8.41. The average Bonchev–Trinajstić information content (AvgIpc) is 3.92. The number of fused-ring (bicyclic) bond motifs is 10. The average molecular weight is 792 g/mol. The molecule has 3 aromatic heterocycles. The minimum absolute atomic E-state index is 0.572. The van der Waals surface area contributed by atoms with Crippen LogP contribution >= 0.6 is 0 Å². The van der Waals surface area contributed by atoms with E-state index in [2.05, 4.69) is 176 Å². The van der Waals surface area contributed by atoms with Gasteiger partial charge in [0.25, 0.3) is 0 Å². The largest absolute Gasteiger partial charge is 0.456 e. The second kappa shape index (κ2) is 13.6. The summed E-state index contributed by atoms with van der Waals surface area (Å²) in [5.41, 5.74) is 10.5. The molecule has 0 bridgehead atoms. The lowest BCUT2D eigenvalue weighted by Gasteiger charge is -2.12. The first-order chi connectivity index (χ1) is 30.7. The predicted molar refractivity (Wildman–Crippen MR) is 254 cm³/mol. The summed E-state index contributed by atoms with van der Waals surface area (Å²) >= 11 is 0. The highest BCUT2D eigenvalue weighted by molar-refractivity contribution is 6.21. The standard InChI is InChI=1S/C57H33N3O2/c1-3-11-38-31-40(25-21-34(38)9-1)36-19-23-37(24-20-36)55-58-56(45-15-7-14-44-43(45)29-30-51-53(44)46-13-5-6-17-49(46)61-51)60-57(59-55)48-16-8-18-50-54(48)47-28-27-42(33-52(47)62-50)41-26-22-35-10-2-4-12-39(35)32-41/h1-33H. The second-order valence-electron chi connectivity index (χ2n) is 15.9. The molecule has 0 saturated carbocycles. The lowest BCUT2D eigenvalue weighted by atomic mass is 9.98. The van der Waals surface area contributed by atoms with Gasteiger partial charge in [-0.2, -0.15) is 0 Å². The Kier molecular flexibility index (Phi) is 7.54. The van der Waals surface area contributed by atoms with Crippen molar-refractivity contribution in [3.8, 4) is 56.4 Å². The van der Waals surface area contributed by atoms with Gasteiger partial charge < -0.3 is 8.83 Å². The number of aromatic nitrogens is 3. The van der Waals surface area contributed by atoms with Crippen molar-refractivity contribution in [3.63, 3.8) is 0 Å². The van der Waals surface area contributed by atoms with Crippen LogP contribution in [0.4, 0.5) is 0 Å². The fourth-order valence-electron chi connectivity index (χ4n) is 9.26. The smallest absolute Gasteiger partial charge is 0.164 e. The summed E-state index contributed by atoms with van der Waals surface area (Å²) in [6.45, 7) is 0. The minimum Gasteiger partial charge on any atom is -0.456 e. The van der Waals surface area contributed by atoms with Crippen molar-refractivity contribution < 1.29 is 8.83 Å². The number of hydrogen-bond acceptors (Lipinski definition) is 5. The zero-order valence-corrected chi connectivity index (χ0v) is 33.2. The first-order valence-corrected chi connectivity index (χ1v) is 20.8. The van der Waals surface area contributed by atoms with Crippen molar-refractivity contribution in [2.75, 3.05) is 0 Å². The maximum atomic E-state index is 6.62. The van der Waals surface area contributed by atoms with Crippen molar-refractivity contribution in [1.29, 1.82) is 0 Å². The molecule has 5 heteroatoms. The van der Waals surface area contributed by atoms with Gasteiger partial charge in [-0.3, -0.25) is 0 Å². The second-order valence-corrected chi connectivity index (χ2v) is 15.9. The highest BCUT2D eigenvalue weighted by Crippen LogP contribution is 2.41. The Labute approximate surface area is 355 Å². The van der Waals surface area contributed by atoms with E-state index in [0.29, 0.717) is 17.5 Å². The Balaban J connectivity index is 0.991. The molecule has 13 rings (SSSR count). The summed E-state index contributed by atoms with van der Waals surface area (Å²) in [4.78, 5) is 15.8. The predicted octanol–water partition coefficient (Wildman–Crippen LogP) is 15.5. The van der Waals surface area contributed by atoms with Crippen LogP contribution in [0.25, 0.3) is 133 Å². The maximum absolute atomic E-state index is 6.62. The van der Waals surface area contributed by atoms with E-state index in [-0.39, 0.29) is 0 Å². The summed E-state index contributed by atoms with van der Waals surface area (Å²) in [7, 11) is 0. The molecular weight excluding hydrogens is 759 g/mol. The van der Waals surface area contributed by atoms with Gasteiger partial charge in [-0.15, -0.1) is 0 Å². The van der Waals surface area contributed by atoms with Crippen LogP contribution in [0.3, 0.4) is 0 Å². The van der Waals surface area contributed by atoms with Crippen LogP contribution in [0, 0.1) is 0 Å². The van der Waals surface area contributed by atoms with Gasteiger partial charge in [0.05, 0.1) is 0 Å². The van der Waals surface area contributed by atoms with Crippen molar-refractivity contribution in [3.05, 3.63) is 200 Å². The van der Waals surface area contributed by atoms with Crippen LogP contribution in [-0.4, -0.2) is 15.0 Å². The van der Waals surface area contributed by atoms with Gasteiger partial charge in [0, 0.05) is 38.2 Å². The van der Waals surface area contributed by atoms with Gasteiger partial charge in [0.2, 0.25) is 0 Å². The molecule has 0 amide bonds. The molecule has 0 radical (unpaired) electrons. The van der Waals surface area contributed by atoms with Gasteiger partial charge in [0.15, 0.2) is 17.5 Å². The van der Waals surface area contributed by atoms with Crippen molar-refractivity contribution in [2.24, 2.45) is 0 Å². The van der Waals surface area contributed by atoms with Crippen LogP contribution < -0.4 is 0 Å². The molecule has 0 aliphatic heterocycles. The van der Waals surface area contributed by atoms with Crippen LogP contribution in [0.1, 0.15) is 0 Å². The Morgan fingerprint density at radius 1 is 0.258 bits per heavy atom. The molecule has 0 N–H and O–H groups in total.